The SMILES string of the molecule is C=CC(=O)Oc1ccccc1Oc1cnc(N)c(N2CCc3ccccc3C2)c1. The van der Waals surface area contributed by atoms with Crippen LogP contribution in [0.2, 0.25) is 0 Å². The van der Waals surface area contributed by atoms with Crippen LogP contribution >= 0.6 is 0 Å². The monoisotopic (exact) mass is 387 g/mol. The minimum absolute atomic E-state index is 0.308. The van der Waals surface area contributed by atoms with Gasteiger partial charge < -0.3 is 20.1 Å². The van der Waals surface area contributed by atoms with E-state index in [1.165, 1.54) is 11.1 Å². The Morgan fingerprint density at radius 3 is 2.62 bits per heavy atom. The first-order valence-corrected chi connectivity index (χ1v) is 9.32. The number of ether oxygens (including phenoxy) is 2. The summed E-state index contributed by atoms with van der Waals surface area (Å²) in [5.41, 5.74) is 9.62. The van der Waals surface area contributed by atoms with Crippen LogP contribution in [0.3, 0.4) is 0 Å². The maximum Gasteiger partial charge on any atom is 0.335 e. The van der Waals surface area contributed by atoms with Crippen LogP contribution < -0.4 is 20.1 Å². The predicted molar refractivity (Wildman–Crippen MR) is 112 cm³/mol. The van der Waals surface area contributed by atoms with Gasteiger partial charge in [0.25, 0.3) is 0 Å². The number of nitrogens with zero attached hydrogens (tertiary/aromatic N) is 2. The third-order valence-corrected chi connectivity index (χ3v) is 4.80. The number of carbonyl (C=O) groups is 1. The van der Waals surface area contributed by atoms with Gasteiger partial charge in [-0.15, -0.1) is 0 Å². The molecule has 2 heterocycles. The first kappa shape index (κ1) is 18.6. The number of nitrogen functional groups attached to an aromatic ring is 1. The lowest BCUT2D eigenvalue weighted by molar-refractivity contribution is -0.129. The second kappa shape index (κ2) is 8.06. The molecule has 3 aromatic rings. The Morgan fingerprint density at radius 2 is 1.83 bits per heavy atom. The van der Waals surface area contributed by atoms with E-state index in [1.807, 2.05) is 12.1 Å². The Hall–Kier alpha value is -3.80. The molecule has 0 aliphatic carbocycles. The second-order valence-corrected chi connectivity index (χ2v) is 6.69. The van der Waals surface area contributed by atoms with E-state index in [1.54, 1.807) is 30.5 Å². The van der Waals surface area contributed by atoms with Gasteiger partial charge in [-0.3, -0.25) is 0 Å². The van der Waals surface area contributed by atoms with E-state index in [2.05, 4.69) is 34.7 Å². The highest BCUT2D eigenvalue weighted by Gasteiger charge is 2.19. The predicted octanol–water partition coefficient (Wildman–Crippen LogP) is 4.11. The van der Waals surface area contributed by atoms with Gasteiger partial charge in [-0.2, -0.15) is 0 Å². The van der Waals surface area contributed by atoms with Crippen molar-refractivity contribution in [1.82, 2.24) is 4.98 Å². The Bertz CT molecular complexity index is 1060. The summed E-state index contributed by atoms with van der Waals surface area (Å²) in [6, 6.07) is 17.2. The number of anilines is 2. The zero-order valence-corrected chi connectivity index (χ0v) is 15.9. The maximum absolute atomic E-state index is 11.6. The molecule has 1 aliphatic rings. The average molecular weight is 387 g/mol. The van der Waals surface area contributed by atoms with Gasteiger partial charge in [0.2, 0.25) is 0 Å². The van der Waals surface area contributed by atoms with Gasteiger partial charge in [-0.25, -0.2) is 9.78 Å². The topological polar surface area (TPSA) is 77.7 Å². The molecule has 0 saturated heterocycles. The van der Waals surface area contributed by atoms with Crippen molar-refractivity contribution in [3.8, 4) is 17.2 Å². The number of aromatic nitrogens is 1. The third kappa shape index (κ3) is 4.06. The lowest BCUT2D eigenvalue weighted by Gasteiger charge is -2.31. The molecule has 0 amide bonds. The smallest absolute Gasteiger partial charge is 0.335 e. The number of para-hydroxylation sites is 2. The quantitative estimate of drug-likeness (QED) is 0.403. The lowest BCUT2D eigenvalue weighted by atomic mass is 9.99. The van der Waals surface area contributed by atoms with Gasteiger partial charge in [0.15, 0.2) is 11.5 Å². The van der Waals surface area contributed by atoms with Crippen LogP contribution in [0.15, 0.2) is 73.4 Å². The van der Waals surface area contributed by atoms with Crippen LogP contribution in [0.4, 0.5) is 11.5 Å². The van der Waals surface area contributed by atoms with E-state index in [9.17, 15) is 4.79 Å². The van der Waals surface area contributed by atoms with E-state index < -0.39 is 5.97 Å². The Morgan fingerprint density at radius 1 is 1.10 bits per heavy atom. The van der Waals surface area contributed by atoms with E-state index >= 15 is 0 Å². The zero-order valence-electron chi connectivity index (χ0n) is 15.9. The Kier molecular flexibility index (Phi) is 5.16. The molecule has 0 spiro atoms. The average Bonchev–Trinajstić information content (AvgIpc) is 2.76. The fourth-order valence-corrected chi connectivity index (χ4v) is 3.35. The molecule has 2 aromatic carbocycles. The molecule has 6 heteroatoms. The highest BCUT2D eigenvalue weighted by atomic mass is 16.6. The molecule has 4 rings (SSSR count). The molecular formula is C23H21N3O3. The van der Waals surface area contributed by atoms with Crippen molar-refractivity contribution >= 4 is 17.5 Å². The van der Waals surface area contributed by atoms with Gasteiger partial charge in [0.05, 0.1) is 11.9 Å². The molecule has 0 saturated carbocycles. The minimum atomic E-state index is -0.552. The first-order chi connectivity index (χ1) is 14.1. The fourth-order valence-electron chi connectivity index (χ4n) is 3.35. The summed E-state index contributed by atoms with van der Waals surface area (Å²) in [6.45, 7) is 5.02. The van der Waals surface area contributed by atoms with E-state index in [-0.39, 0.29) is 0 Å². The maximum atomic E-state index is 11.6. The minimum Gasteiger partial charge on any atom is -0.452 e. The second-order valence-electron chi connectivity index (χ2n) is 6.69. The van der Waals surface area contributed by atoms with Crippen LogP contribution in [0, 0.1) is 0 Å². The highest BCUT2D eigenvalue weighted by Crippen LogP contribution is 2.35. The number of benzene rings is 2. The molecule has 146 valence electrons. The van der Waals surface area contributed by atoms with E-state index in [4.69, 9.17) is 15.2 Å². The molecule has 6 nitrogen and oxygen atoms in total. The zero-order chi connectivity index (χ0) is 20.2. The molecule has 0 fully saturated rings. The third-order valence-electron chi connectivity index (χ3n) is 4.80. The molecule has 2 N–H and O–H groups in total. The van der Waals surface area contributed by atoms with Gasteiger partial charge in [-0.05, 0) is 29.7 Å². The summed E-state index contributed by atoms with van der Waals surface area (Å²) in [6.07, 6.45) is 3.61. The van der Waals surface area contributed by atoms with Crippen molar-refractivity contribution in [1.29, 1.82) is 0 Å². The number of rotatable bonds is 5. The van der Waals surface area contributed by atoms with Crippen molar-refractivity contribution in [2.75, 3.05) is 17.2 Å². The lowest BCUT2D eigenvalue weighted by Crippen LogP contribution is -2.31. The molecular weight excluding hydrogens is 366 g/mol. The molecule has 1 aromatic heterocycles. The summed E-state index contributed by atoms with van der Waals surface area (Å²) in [7, 11) is 0. The van der Waals surface area contributed by atoms with Crippen LogP contribution in [-0.2, 0) is 17.8 Å². The molecule has 29 heavy (non-hydrogen) atoms. The Balaban J connectivity index is 1.59. The first-order valence-electron chi connectivity index (χ1n) is 9.32. The fraction of sp³-hybridized carbons (Fsp3) is 0.130. The molecule has 0 bridgehead atoms. The van der Waals surface area contributed by atoms with E-state index in [0.717, 1.165) is 31.3 Å². The van der Waals surface area contributed by atoms with Crippen molar-refractivity contribution in [3.63, 3.8) is 0 Å². The largest absolute Gasteiger partial charge is 0.452 e. The van der Waals surface area contributed by atoms with Crippen molar-refractivity contribution in [3.05, 3.63) is 84.6 Å². The summed E-state index contributed by atoms with van der Waals surface area (Å²) in [5, 5.41) is 0. The van der Waals surface area contributed by atoms with Crippen molar-refractivity contribution in [2.24, 2.45) is 0 Å². The number of fused-ring (bicyclic) bond motifs is 1. The molecule has 0 radical (unpaired) electrons. The summed E-state index contributed by atoms with van der Waals surface area (Å²) in [4.78, 5) is 18.1. The Labute approximate surface area is 169 Å². The van der Waals surface area contributed by atoms with Crippen LogP contribution in [0.1, 0.15) is 11.1 Å². The number of carbonyl (C=O) groups excluding carboxylic acids is 1. The number of hydrogen-bond donors (Lipinski definition) is 1. The molecule has 0 unspecified atom stereocenters. The molecule has 1 aliphatic heterocycles. The van der Waals surface area contributed by atoms with Gasteiger partial charge in [0, 0.05) is 25.2 Å². The summed E-state index contributed by atoms with van der Waals surface area (Å²) >= 11 is 0. The normalized spacial score (nSPS) is 12.8. The van der Waals surface area contributed by atoms with Crippen LogP contribution in [0.5, 0.6) is 17.2 Å². The van der Waals surface area contributed by atoms with Crippen LogP contribution in [0.25, 0.3) is 0 Å². The van der Waals surface area contributed by atoms with Crippen LogP contribution in [-0.4, -0.2) is 17.5 Å². The van der Waals surface area contributed by atoms with Gasteiger partial charge in [0.1, 0.15) is 11.6 Å². The number of pyridine rings is 1. The number of hydrogen-bond acceptors (Lipinski definition) is 6. The standard InChI is InChI=1S/C23H21N3O3/c1-2-22(27)29-21-10-6-5-9-20(21)28-18-13-19(23(24)25-14-18)26-12-11-16-7-3-4-8-17(16)15-26/h2-10,13-14H,1,11-12,15H2,(H2,24,25). The number of nitrogens with two attached hydrogens (primary N) is 1. The van der Waals surface area contributed by atoms with Crippen molar-refractivity contribution < 1.29 is 14.3 Å². The van der Waals surface area contributed by atoms with Gasteiger partial charge >= 0.3 is 5.97 Å². The summed E-state index contributed by atoms with van der Waals surface area (Å²) in [5.74, 6) is 1.12. The molecule has 0 atom stereocenters. The van der Waals surface area contributed by atoms with Crippen molar-refractivity contribution in [2.45, 2.75) is 13.0 Å². The highest BCUT2D eigenvalue weighted by molar-refractivity contribution is 5.83. The van der Waals surface area contributed by atoms with Gasteiger partial charge in [-0.1, -0.05) is 43.0 Å². The van der Waals surface area contributed by atoms with E-state index in [0.29, 0.717) is 23.1 Å². The number of esters is 1. The summed E-state index contributed by atoms with van der Waals surface area (Å²) < 4.78 is 11.2.